The Kier molecular flexibility index (Phi) is 7.22. The van der Waals surface area contributed by atoms with Crippen molar-refractivity contribution in [2.75, 3.05) is 13.6 Å². The smallest absolute Gasteiger partial charge is 0.130 e. The lowest BCUT2D eigenvalue weighted by molar-refractivity contribution is 0.0637. The molecule has 1 aromatic carbocycles. The Morgan fingerprint density at radius 2 is 1.77 bits per heavy atom. The van der Waals surface area contributed by atoms with E-state index in [1.807, 2.05) is 30.3 Å². The van der Waals surface area contributed by atoms with Crippen LogP contribution in [0.25, 0.3) is 0 Å². The van der Waals surface area contributed by atoms with Crippen molar-refractivity contribution in [3.05, 3.63) is 35.9 Å². The second-order valence-corrected chi connectivity index (χ2v) is 10.5. The van der Waals surface area contributed by atoms with Crippen molar-refractivity contribution in [1.29, 1.82) is 0 Å². The highest BCUT2D eigenvalue weighted by molar-refractivity contribution is 8.11. The first-order chi connectivity index (χ1) is 12.0. The summed E-state index contributed by atoms with van der Waals surface area (Å²) in [6.45, 7) is 7.87. The summed E-state index contributed by atoms with van der Waals surface area (Å²) in [5, 5.41) is 3.36. The number of likely N-dealkylation sites (N-methyl/N-ethyl adjacent to an activating group) is 1. The largest absolute Gasteiger partial charge is 0.368 e. The van der Waals surface area contributed by atoms with Crippen LogP contribution in [0.4, 0.5) is 0 Å². The van der Waals surface area contributed by atoms with E-state index in [0.29, 0.717) is 10.4 Å². The molecule has 0 aromatic heterocycles. The van der Waals surface area contributed by atoms with Crippen LogP contribution in [0.2, 0.25) is 0 Å². The van der Waals surface area contributed by atoms with Crippen LogP contribution in [-0.4, -0.2) is 38.7 Å². The van der Waals surface area contributed by atoms with Gasteiger partial charge >= 0.3 is 0 Å². The summed E-state index contributed by atoms with van der Waals surface area (Å²) in [6.07, 6.45) is 3.28. The summed E-state index contributed by atoms with van der Waals surface area (Å²) in [4.78, 5) is 3.63. The number of rotatable bonds is 5. The summed E-state index contributed by atoms with van der Waals surface area (Å²) >= 11 is 20.7. The number of nitrogens with one attached hydrogen (secondary N) is 1. The summed E-state index contributed by atoms with van der Waals surface area (Å²) in [5.74, 6) is 0. The average Bonchev–Trinajstić information content (AvgIpc) is 2.51. The van der Waals surface area contributed by atoms with E-state index in [0.717, 1.165) is 41.2 Å². The molecule has 1 N–H and O–H groups in total. The van der Waals surface area contributed by atoms with Crippen LogP contribution in [0.15, 0.2) is 30.3 Å². The minimum absolute atomic E-state index is 0.128. The summed E-state index contributed by atoms with van der Waals surface area (Å²) in [7, 11) is 2.05. The Morgan fingerprint density at radius 3 is 2.35 bits per heavy atom. The van der Waals surface area contributed by atoms with Gasteiger partial charge in [0, 0.05) is 19.6 Å². The fraction of sp³-hybridized carbons (Fsp3) is 0.550. The van der Waals surface area contributed by atoms with Gasteiger partial charge in [0.15, 0.2) is 0 Å². The molecular weight excluding hydrogens is 397 g/mol. The van der Waals surface area contributed by atoms with Gasteiger partial charge in [0.1, 0.15) is 9.31 Å². The van der Waals surface area contributed by atoms with Gasteiger partial charge in [-0.1, -0.05) is 87.8 Å². The standard InChI is InChI=1S/C20H28N2S4/c1-19(2)10-15(21-18(25)26)11-20(3,12-19)13-22(4)17(24)16(23)14-8-6-5-7-9-14/h5-9,15H,10-13H2,1-4H3,(H2,21,25,26). The number of benzene rings is 1. The average molecular weight is 425 g/mol. The molecule has 1 saturated carbocycles. The first-order valence-corrected chi connectivity index (χ1v) is 10.5. The van der Waals surface area contributed by atoms with E-state index in [-0.39, 0.29) is 10.8 Å². The van der Waals surface area contributed by atoms with Crippen LogP contribution >= 0.6 is 49.3 Å². The second kappa shape index (κ2) is 8.63. The second-order valence-electron chi connectivity index (χ2n) is 8.56. The third-order valence-electron chi connectivity index (χ3n) is 4.97. The highest BCUT2D eigenvalue weighted by Crippen LogP contribution is 2.46. The summed E-state index contributed by atoms with van der Waals surface area (Å²) < 4.78 is 0.573. The Bertz CT molecular complexity index is 686. The molecule has 142 valence electrons. The monoisotopic (exact) mass is 424 g/mol. The van der Waals surface area contributed by atoms with Crippen LogP contribution in [0.1, 0.15) is 45.6 Å². The topological polar surface area (TPSA) is 15.3 Å². The van der Waals surface area contributed by atoms with Crippen LogP contribution < -0.4 is 5.32 Å². The number of thiol groups is 1. The molecule has 6 heteroatoms. The predicted octanol–water partition coefficient (Wildman–Crippen LogP) is 5.05. The fourth-order valence-electron chi connectivity index (χ4n) is 4.56. The Morgan fingerprint density at radius 1 is 1.15 bits per heavy atom. The minimum Gasteiger partial charge on any atom is -0.368 e. The maximum absolute atomic E-state index is 5.69. The lowest BCUT2D eigenvalue weighted by Crippen LogP contribution is -2.50. The zero-order valence-corrected chi connectivity index (χ0v) is 19.3. The molecule has 0 bridgehead atoms. The number of thiocarbonyl (C=S) groups is 3. The molecule has 0 saturated heterocycles. The van der Waals surface area contributed by atoms with E-state index in [9.17, 15) is 0 Å². The molecule has 0 heterocycles. The predicted molar refractivity (Wildman–Crippen MR) is 128 cm³/mol. The highest BCUT2D eigenvalue weighted by atomic mass is 32.1. The third-order valence-corrected chi connectivity index (χ3v) is 6.29. The molecule has 1 aliphatic carbocycles. The van der Waals surface area contributed by atoms with E-state index >= 15 is 0 Å². The molecule has 0 amide bonds. The molecule has 2 nitrogen and oxygen atoms in total. The maximum atomic E-state index is 5.69. The van der Waals surface area contributed by atoms with Gasteiger partial charge in [0.25, 0.3) is 0 Å². The van der Waals surface area contributed by atoms with E-state index in [1.165, 1.54) is 0 Å². The minimum atomic E-state index is 0.128. The number of nitrogens with zero attached hydrogens (tertiary/aromatic N) is 1. The molecule has 26 heavy (non-hydrogen) atoms. The summed E-state index contributed by atoms with van der Waals surface area (Å²) in [6, 6.07) is 10.3. The molecule has 2 rings (SSSR count). The van der Waals surface area contributed by atoms with Gasteiger partial charge < -0.3 is 10.2 Å². The molecule has 0 radical (unpaired) electrons. The van der Waals surface area contributed by atoms with Crippen molar-refractivity contribution >= 4 is 63.5 Å². The molecule has 2 unspecified atom stereocenters. The lowest BCUT2D eigenvalue weighted by atomic mass is 9.62. The molecular formula is C20H28N2S4. The van der Waals surface area contributed by atoms with E-state index in [4.69, 9.17) is 36.7 Å². The van der Waals surface area contributed by atoms with Crippen LogP contribution in [0.3, 0.4) is 0 Å². The number of hydrogen-bond donors (Lipinski definition) is 2. The van der Waals surface area contributed by atoms with E-state index in [2.05, 4.69) is 50.7 Å². The van der Waals surface area contributed by atoms with Crippen molar-refractivity contribution in [2.45, 2.75) is 46.1 Å². The lowest BCUT2D eigenvalue weighted by Gasteiger charge is -2.48. The van der Waals surface area contributed by atoms with E-state index < -0.39 is 0 Å². The van der Waals surface area contributed by atoms with Crippen LogP contribution in [0, 0.1) is 10.8 Å². The van der Waals surface area contributed by atoms with Crippen molar-refractivity contribution in [1.82, 2.24) is 10.2 Å². The van der Waals surface area contributed by atoms with Gasteiger partial charge in [0.2, 0.25) is 0 Å². The van der Waals surface area contributed by atoms with E-state index in [1.54, 1.807) is 0 Å². The maximum Gasteiger partial charge on any atom is 0.130 e. The van der Waals surface area contributed by atoms with Gasteiger partial charge in [-0.2, -0.15) is 0 Å². The van der Waals surface area contributed by atoms with Crippen LogP contribution in [0.5, 0.6) is 0 Å². The molecule has 0 aliphatic heterocycles. The van der Waals surface area contributed by atoms with Gasteiger partial charge in [-0.15, -0.1) is 12.6 Å². The zero-order chi connectivity index (χ0) is 19.5. The molecule has 1 aromatic rings. The van der Waals surface area contributed by atoms with Gasteiger partial charge in [-0.25, -0.2) is 0 Å². The Hall–Kier alpha value is -0.560. The van der Waals surface area contributed by atoms with Crippen LogP contribution in [-0.2, 0) is 0 Å². The molecule has 2 atom stereocenters. The molecule has 1 fully saturated rings. The summed E-state index contributed by atoms with van der Waals surface area (Å²) in [5.41, 5.74) is 1.38. The number of hydrogen-bond acceptors (Lipinski definition) is 3. The quantitative estimate of drug-likeness (QED) is 0.389. The Balaban J connectivity index is 2.10. The third kappa shape index (κ3) is 5.98. The van der Waals surface area contributed by atoms with Gasteiger partial charge in [-0.3, -0.25) is 0 Å². The SMILES string of the molecule is CN(CC1(C)CC(NC(=S)S)CC(C)(C)C1)C(=S)C(=S)c1ccccc1. The fourth-order valence-corrected chi connectivity index (χ4v) is 5.39. The van der Waals surface area contributed by atoms with Crippen molar-refractivity contribution < 1.29 is 0 Å². The molecule has 1 aliphatic rings. The van der Waals surface area contributed by atoms with Crippen molar-refractivity contribution in [2.24, 2.45) is 10.8 Å². The molecule has 0 spiro atoms. The Labute approximate surface area is 179 Å². The van der Waals surface area contributed by atoms with Gasteiger partial charge in [0.05, 0.1) is 4.86 Å². The normalized spacial score (nSPS) is 24.6. The zero-order valence-electron chi connectivity index (χ0n) is 15.9. The first kappa shape index (κ1) is 21.7. The first-order valence-electron chi connectivity index (χ1n) is 8.86. The highest BCUT2D eigenvalue weighted by Gasteiger charge is 2.42. The van der Waals surface area contributed by atoms with Gasteiger partial charge in [-0.05, 0) is 35.7 Å². The van der Waals surface area contributed by atoms with Crippen molar-refractivity contribution in [3.63, 3.8) is 0 Å². The van der Waals surface area contributed by atoms with Crippen molar-refractivity contribution in [3.8, 4) is 0 Å².